The van der Waals surface area contributed by atoms with Crippen molar-refractivity contribution in [3.63, 3.8) is 0 Å². The maximum atomic E-state index is 13.2. The summed E-state index contributed by atoms with van der Waals surface area (Å²) in [6.07, 6.45) is 2.67. The van der Waals surface area contributed by atoms with Gasteiger partial charge in [0.05, 0.1) is 11.3 Å². The summed E-state index contributed by atoms with van der Waals surface area (Å²) < 4.78 is 5.71. The van der Waals surface area contributed by atoms with Crippen LogP contribution in [0.15, 0.2) is 48.5 Å². The molecule has 1 saturated heterocycles. The molecule has 2 aromatic rings. The zero-order valence-electron chi connectivity index (χ0n) is 19.3. The SMILES string of the molecule is CC1(C(=O)N2CC(C(=O)O)C2)CCCCC1NC(=O)OCC1c2ccccc2-c2ccccc21. The summed E-state index contributed by atoms with van der Waals surface area (Å²) in [5.74, 6) is -1.46. The first kappa shape index (κ1) is 22.4. The van der Waals surface area contributed by atoms with Crippen molar-refractivity contribution in [3.8, 4) is 11.1 Å². The number of carbonyl (C=O) groups excluding carboxylic acids is 2. The highest BCUT2D eigenvalue weighted by molar-refractivity contribution is 5.87. The average molecular weight is 463 g/mol. The molecule has 2 fully saturated rings. The second kappa shape index (κ2) is 8.78. The Morgan fingerprint density at radius 3 is 2.26 bits per heavy atom. The maximum Gasteiger partial charge on any atom is 0.407 e. The quantitative estimate of drug-likeness (QED) is 0.700. The van der Waals surface area contributed by atoms with Gasteiger partial charge in [0.15, 0.2) is 0 Å². The Morgan fingerprint density at radius 1 is 1.03 bits per heavy atom. The lowest BCUT2D eigenvalue weighted by Gasteiger charge is -2.47. The highest BCUT2D eigenvalue weighted by Crippen LogP contribution is 2.44. The van der Waals surface area contributed by atoms with Crippen molar-refractivity contribution in [2.45, 2.75) is 44.6 Å². The minimum absolute atomic E-state index is 0.0217. The molecule has 2 N–H and O–H groups in total. The number of fused-ring (bicyclic) bond motifs is 3. The van der Waals surface area contributed by atoms with Gasteiger partial charge in [0, 0.05) is 25.0 Å². The molecule has 0 spiro atoms. The largest absolute Gasteiger partial charge is 0.481 e. The smallest absolute Gasteiger partial charge is 0.407 e. The molecule has 1 saturated carbocycles. The second-order valence-corrected chi connectivity index (χ2v) is 9.93. The number of likely N-dealkylation sites (tertiary alicyclic amines) is 1. The first-order chi connectivity index (χ1) is 16.4. The molecule has 1 heterocycles. The van der Waals surface area contributed by atoms with Gasteiger partial charge in [-0.3, -0.25) is 9.59 Å². The number of hydrogen-bond acceptors (Lipinski definition) is 4. The molecule has 0 aromatic heterocycles. The molecule has 0 radical (unpaired) electrons. The Labute approximate surface area is 199 Å². The van der Waals surface area contributed by atoms with Crippen LogP contribution in [0.3, 0.4) is 0 Å². The molecule has 2 atom stereocenters. The number of aliphatic carboxylic acids is 1. The number of alkyl carbamates (subject to hydrolysis) is 1. The third-order valence-corrected chi connectivity index (χ3v) is 7.85. The fraction of sp³-hybridized carbons (Fsp3) is 0.444. The zero-order chi connectivity index (χ0) is 23.9. The fourth-order valence-corrected chi connectivity index (χ4v) is 5.77. The van der Waals surface area contributed by atoms with E-state index in [1.165, 1.54) is 11.1 Å². The van der Waals surface area contributed by atoms with Gasteiger partial charge in [-0.2, -0.15) is 0 Å². The van der Waals surface area contributed by atoms with Gasteiger partial charge >= 0.3 is 12.1 Å². The van der Waals surface area contributed by atoms with Crippen LogP contribution < -0.4 is 5.32 Å². The van der Waals surface area contributed by atoms with E-state index in [1.54, 1.807) is 4.90 Å². The number of nitrogens with zero attached hydrogens (tertiary/aromatic N) is 1. The Morgan fingerprint density at radius 2 is 1.65 bits per heavy atom. The van der Waals surface area contributed by atoms with Crippen molar-refractivity contribution >= 4 is 18.0 Å². The lowest BCUT2D eigenvalue weighted by molar-refractivity contribution is -0.159. The summed E-state index contributed by atoms with van der Waals surface area (Å²) in [5, 5.41) is 12.1. The van der Waals surface area contributed by atoms with Crippen LogP contribution in [-0.4, -0.2) is 53.7 Å². The van der Waals surface area contributed by atoms with Crippen LogP contribution in [0, 0.1) is 11.3 Å². The predicted molar refractivity (Wildman–Crippen MR) is 126 cm³/mol. The van der Waals surface area contributed by atoms with E-state index < -0.39 is 23.4 Å². The molecule has 3 aliphatic rings. The molecule has 7 nitrogen and oxygen atoms in total. The lowest BCUT2D eigenvalue weighted by atomic mass is 9.70. The molecule has 2 unspecified atom stereocenters. The van der Waals surface area contributed by atoms with E-state index in [4.69, 9.17) is 9.84 Å². The predicted octanol–water partition coefficient (Wildman–Crippen LogP) is 4.02. The highest BCUT2D eigenvalue weighted by atomic mass is 16.5. The molecule has 34 heavy (non-hydrogen) atoms. The van der Waals surface area contributed by atoms with Crippen LogP contribution in [0.25, 0.3) is 11.1 Å². The summed E-state index contributed by atoms with van der Waals surface area (Å²) in [7, 11) is 0. The van der Waals surface area contributed by atoms with Gasteiger partial charge in [-0.15, -0.1) is 0 Å². The summed E-state index contributed by atoms with van der Waals surface area (Å²) in [4.78, 5) is 38.9. The number of rotatable bonds is 5. The van der Waals surface area contributed by atoms with Crippen LogP contribution in [-0.2, 0) is 14.3 Å². The van der Waals surface area contributed by atoms with E-state index in [0.717, 1.165) is 24.0 Å². The van der Waals surface area contributed by atoms with Crippen molar-refractivity contribution in [2.75, 3.05) is 19.7 Å². The number of carboxylic acids is 1. The van der Waals surface area contributed by atoms with Gasteiger partial charge in [0.1, 0.15) is 6.61 Å². The van der Waals surface area contributed by atoms with Crippen LogP contribution >= 0.6 is 0 Å². The molecule has 5 rings (SSSR count). The first-order valence-electron chi connectivity index (χ1n) is 12.0. The van der Waals surface area contributed by atoms with Crippen molar-refractivity contribution in [2.24, 2.45) is 11.3 Å². The first-order valence-corrected chi connectivity index (χ1v) is 12.0. The zero-order valence-corrected chi connectivity index (χ0v) is 19.3. The van der Waals surface area contributed by atoms with Crippen LogP contribution in [0.5, 0.6) is 0 Å². The molecule has 2 aromatic carbocycles. The van der Waals surface area contributed by atoms with E-state index in [2.05, 4.69) is 29.6 Å². The summed E-state index contributed by atoms with van der Waals surface area (Å²) in [6, 6.07) is 16.0. The minimum atomic E-state index is -0.869. The highest BCUT2D eigenvalue weighted by Gasteiger charge is 2.49. The molecule has 2 aliphatic carbocycles. The van der Waals surface area contributed by atoms with Crippen LogP contribution in [0.1, 0.15) is 49.7 Å². The fourth-order valence-electron chi connectivity index (χ4n) is 5.77. The standard InChI is InChI=1S/C27H30N2O5/c1-27(25(32)29-14-17(15-29)24(30)31)13-7-6-12-23(27)28-26(33)34-16-22-20-10-4-2-8-18(20)19-9-3-5-11-21(19)22/h2-5,8-11,17,22-23H,6-7,12-16H2,1H3,(H,28,33)(H,30,31). The van der Waals surface area contributed by atoms with Gasteiger partial charge < -0.3 is 20.1 Å². The number of hydrogen-bond donors (Lipinski definition) is 2. The Balaban J connectivity index is 1.24. The van der Waals surface area contributed by atoms with Crippen LogP contribution in [0.2, 0.25) is 0 Å². The summed E-state index contributed by atoms with van der Waals surface area (Å²) in [6.45, 7) is 2.59. The minimum Gasteiger partial charge on any atom is -0.481 e. The Bertz CT molecular complexity index is 1080. The van der Waals surface area contributed by atoms with Crippen molar-refractivity contribution in [1.82, 2.24) is 10.2 Å². The number of benzene rings is 2. The average Bonchev–Trinajstić information content (AvgIpc) is 3.12. The number of carboxylic acid groups (broad SMARTS) is 1. The van der Waals surface area contributed by atoms with Gasteiger partial charge in [0.2, 0.25) is 5.91 Å². The van der Waals surface area contributed by atoms with Gasteiger partial charge in [-0.25, -0.2) is 4.79 Å². The normalized spacial score (nSPS) is 24.0. The van der Waals surface area contributed by atoms with E-state index in [-0.39, 0.29) is 37.6 Å². The third kappa shape index (κ3) is 3.83. The van der Waals surface area contributed by atoms with Crippen molar-refractivity contribution < 1.29 is 24.2 Å². The van der Waals surface area contributed by atoms with E-state index in [9.17, 15) is 14.4 Å². The van der Waals surface area contributed by atoms with Crippen LogP contribution in [0.4, 0.5) is 4.79 Å². The monoisotopic (exact) mass is 462 g/mol. The number of ether oxygens (including phenoxy) is 1. The molecule has 2 amide bonds. The molecular weight excluding hydrogens is 432 g/mol. The Kier molecular flexibility index (Phi) is 5.80. The van der Waals surface area contributed by atoms with Gasteiger partial charge in [-0.05, 0) is 42.0 Å². The maximum absolute atomic E-state index is 13.2. The Hall–Kier alpha value is -3.35. The molecule has 7 heteroatoms. The van der Waals surface area contributed by atoms with Gasteiger partial charge in [0.25, 0.3) is 0 Å². The topological polar surface area (TPSA) is 95.9 Å². The molecule has 1 aliphatic heterocycles. The number of carbonyl (C=O) groups is 3. The van der Waals surface area contributed by atoms with Crippen molar-refractivity contribution in [1.29, 1.82) is 0 Å². The molecule has 0 bridgehead atoms. The number of nitrogens with one attached hydrogen (secondary N) is 1. The molecule has 178 valence electrons. The van der Waals surface area contributed by atoms with Gasteiger partial charge in [-0.1, -0.05) is 61.4 Å². The van der Waals surface area contributed by atoms with E-state index in [0.29, 0.717) is 12.8 Å². The lowest BCUT2D eigenvalue weighted by Crippen LogP contribution is -2.62. The van der Waals surface area contributed by atoms with E-state index >= 15 is 0 Å². The van der Waals surface area contributed by atoms with Crippen molar-refractivity contribution in [3.05, 3.63) is 59.7 Å². The number of amides is 2. The summed E-state index contributed by atoms with van der Waals surface area (Å²) in [5.41, 5.74) is 3.89. The van der Waals surface area contributed by atoms with E-state index in [1.807, 2.05) is 31.2 Å². The third-order valence-electron chi connectivity index (χ3n) is 7.85. The second-order valence-electron chi connectivity index (χ2n) is 9.93. The summed E-state index contributed by atoms with van der Waals surface area (Å²) >= 11 is 0. The molecular formula is C27H30N2O5.